The van der Waals surface area contributed by atoms with Crippen molar-refractivity contribution in [3.05, 3.63) is 46.3 Å². The Labute approximate surface area is 144 Å². The Morgan fingerprint density at radius 3 is 2.58 bits per heavy atom. The molecular formula is C15H17ClF2N2O3S. The van der Waals surface area contributed by atoms with Crippen LogP contribution in [0.4, 0.5) is 8.78 Å². The number of sulfone groups is 1. The fourth-order valence-electron chi connectivity index (χ4n) is 2.09. The summed E-state index contributed by atoms with van der Waals surface area (Å²) in [6.07, 6.45) is 1.04. The zero-order valence-corrected chi connectivity index (χ0v) is 15.0. The lowest BCUT2D eigenvalue weighted by Gasteiger charge is -2.31. The fraction of sp³-hybridized carbons (Fsp3) is 0.400. The van der Waals surface area contributed by atoms with Crippen molar-refractivity contribution in [2.75, 3.05) is 12.8 Å². The first-order chi connectivity index (χ1) is 11.1. The summed E-state index contributed by atoms with van der Waals surface area (Å²) in [5.41, 5.74) is 0.107. The maximum absolute atomic E-state index is 13.6. The zero-order chi connectivity index (χ0) is 18.1. The van der Waals surface area contributed by atoms with Gasteiger partial charge in [-0.2, -0.15) is 4.99 Å². The fourth-order valence-corrected chi connectivity index (χ4v) is 3.27. The standard InChI is InChI=1S/C15H17ClF2N2O3S/c1-9(2)20-7-12(16)14(19-15(20)24(3,21)22)23-8-10-4-5-11(17)6-13(10)18/h4-6,9H,7-8H2,1-3H3. The molecule has 0 saturated carbocycles. The van der Waals surface area contributed by atoms with Gasteiger partial charge in [0.05, 0.1) is 11.6 Å². The minimum atomic E-state index is -3.59. The van der Waals surface area contributed by atoms with Crippen LogP contribution < -0.4 is 0 Å². The van der Waals surface area contributed by atoms with Crippen LogP contribution >= 0.6 is 11.6 Å². The zero-order valence-electron chi connectivity index (χ0n) is 13.4. The predicted molar refractivity (Wildman–Crippen MR) is 88.1 cm³/mol. The summed E-state index contributed by atoms with van der Waals surface area (Å²) >= 11 is 6.13. The monoisotopic (exact) mass is 378 g/mol. The van der Waals surface area contributed by atoms with E-state index in [2.05, 4.69) is 4.99 Å². The Bertz CT molecular complexity index is 807. The molecule has 24 heavy (non-hydrogen) atoms. The average Bonchev–Trinajstić information content (AvgIpc) is 2.45. The highest BCUT2D eigenvalue weighted by atomic mass is 35.5. The molecule has 0 N–H and O–H groups in total. The summed E-state index contributed by atoms with van der Waals surface area (Å²) in [6.45, 7) is 3.49. The number of hydrogen-bond donors (Lipinski definition) is 0. The van der Waals surface area contributed by atoms with Gasteiger partial charge in [-0.15, -0.1) is 0 Å². The Morgan fingerprint density at radius 2 is 2.04 bits per heavy atom. The maximum Gasteiger partial charge on any atom is 0.233 e. The van der Waals surface area contributed by atoms with Crippen molar-refractivity contribution in [2.45, 2.75) is 26.5 Å². The highest BCUT2D eigenvalue weighted by Crippen LogP contribution is 2.25. The van der Waals surface area contributed by atoms with E-state index in [9.17, 15) is 17.2 Å². The third kappa shape index (κ3) is 4.24. The number of aliphatic imine (C=N–C) groups is 1. The van der Waals surface area contributed by atoms with Crippen molar-refractivity contribution in [3.8, 4) is 0 Å². The van der Waals surface area contributed by atoms with Crippen molar-refractivity contribution in [3.63, 3.8) is 0 Å². The number of ether oxygens (including phenoxy) is 1. The summed E-state index contributed by atoms with van der Waals surface area (Å²) in [4.78, 5) is 5.51. The summed E-state index contributed by atoms with van der Waals surface area (Å²) in [6, 6.07) is 2.94. The summed E-state index contributed by atoms with van der Waals surface area (Å²) in [5, 5.41) is 0.0510. The smallest absolute Gasteiger partial charge is 0.233 e. The van der Waals surface area contributed by atoms with Crippen LogP contribution in [0.5, 0.6) is 0 Å². The van der Waals surface area contributed by atoms with E-state index < -0.39 is 21.5 Å². The third-order valence-corrected chi connectivity index (χ3v) is 4.59. The molecule has 0 saturated heterocycles. The van der Waals surface area contributed by atoms with Gasteiger partial charge in [0.1, 0.15) is 18.2 Å². The van der Waals surface area contributed by atoms with E-state index in [0.29, 0.717) is 0 Å². The van der Waals surface area contributed by atoms with E-state index in [-0.39, 0.29) is 40.8 Å². The molecule has 1 aromatic rings. The van der Waals surface area contributed by atoms with Crippen LogP contribution in [0.2, 0.25) is 0 Å². The molecule has 1 aliphatic rings. The van der Waals surface area contributed by atoms with Gasteiger partial charge in [0.2, 0.25) is 20.9 Å². The van der Waals surface area contributed by atoms with E-state index in [1.165, 1.54) is 11.0 Å². The van der Waals surface area contributed by atoms with E-state index in [1.807, 2.05) is 13.8 Å². The second kappa shape index (κ2) is 7.06. The van der Waals surface area contributed by atoms with Crippen molar-refractivity contribution < 1.29 is 21.9 Å². The maximum atomic E-state index is 13.6. The number of hydrogen-bond acceptors (Lipinski definition) is 5. The van der Waals surface area contributed by atoms with Gasteiger partial charge >= 0.3 is 0 Å². The van der Waals surface area contributed by atoms with Crippen LogP contribution in [0.1, 0.15) is 19.4 Å². The molecule has 1 aromatic carbocycles. The van der Waals surface area contributed by atoms with E-state index in [0.717, 1.165) is 18.4 Å². The number of nitrogens with zero attached hydrogens (tertiary/aromatic N) is 2. The summed E-state index contributed by atoms with van der Waals surface area (Å²) in [5.74, 6) is -1.55. The van der Waals surface area contributed by atoms with Gasteiger partial charge in [-0.1, -0.05) is 11.6 Å². The quantitative estimate of drug-likeness (QED) is 0.808. The first-order valence-electron chi connectivity index (χ1n) is 7.10. The van der Waals surface area contributed by atoms with Gasteiger partial charge in [0.15, 0.2) is 0 Å². The number of benzene rings is 1. The Balaban J connectivity index is 2.26. The summed E-state index contributed by atoms with van der Waals surface area (Å²) < 4.78 is 55.7. The molecule has 9 heteroatoms. The molecule has 132 valence electrons. The van der Waals surface area contributed by atoms with Crippen LogP contribution in [0, 0.1) is 11.6 Å². The molecule has 0 amide bonds. The second-order valence-corrected chi connectivity index (χ2v) is 7.99. The molecule has 0 aliphatic carbocycles. The number of halogens is 3. The largest absolute Gasteiger partial charge is 0.472 e. The van der Waals surface area contributed by atoms with Crippen LogP contribution in [-0.4, -0.2) is 37.3 Å². The molecule has 0 fully saturated rings. The van der Waals surface area contributed by atoms with Gasteiger partial charge in [-0.3, -0.25) is 0 Å². The highest BCUT2D eigenvalue weighted by Gasteiger charge is 2.30. The van der Waals surface area contributed by atoms with Gasteiger partial charge in [-0.05, 0) is 26.0 Å². The third-order valence-electron chi connectivity index (χ3n) is 3.32. The highest BCUT2D eigenvalue weighted by molar-refractivity contribution is 8.05. The van der Waals surface area contributed by atoms with Crippen molar-refractivity contribution in [1.29, 1.82) is 0 Å². The molecule has 0 unspecified atom stereocenters. The predicted octanol–water partition coefficient (Wildman–Crippen LogP) is 3.01. The van der Waals surface area contributed by atoms with Crippen molar-refractivity contribution in [2.24, 2.45) is 4.99 Å². The molecule has 0 aromatic heterocycles. The second-order valence-electron chi connectivity index (χ2n) is 5.62. The Hall–Kier alpha value is -1.67. The van der Waals surface area contributed by atoms with Crippen molar-refractivity contribution >= 4 is 26.6 Å². The van der Waals surface area contributed by atoms with E-state index in [4.69, 9.17) is 16.3 Å². The molecule has 0 radical (unpaired) electrons. The van der Waals surface area contributed by atoms with Crippen molar-refractivity contribution in [1.82, 2.24) is 4.90 Å². The van der Waals surface area contributed by atoms with Crippen LogP contribution in [-0.2, 0) is 21.2 Å². The van der Waals surface area contributed by atoms with E-state index in [1.54, 1.807) is 0 Å². The molecule has 1 heterocycles. The minimum absolute atomic E-state index is 0.0854. The lowest BCUT2D eigenvalue weighted by Crippen LogP contribution is -2.44. The van der Waals surface area contributed by atoms with Crippen LogP contribution in [0.15, 0.2) is 34.1 Å². The average molecular weight is 379 g/mol. The topological polar surface area (TPSA) is 59.0 Å². The number of rotatable bonds is 4. The van der Waals surface area contributed by atoms with Gasteiger partial charge < -0.3 is 9.64 Å². The van der Waals surface area contributed by atoms with Gasteiger partial charge in [0.25, 0.3) is 0 Å². The molecule has 2 rings (SSSR count). The Kier molecular flexibility index (Phi) is 5.49. The lowest BCUT2D eigenvalue weighted by molar-refractivity contribution is 0.185. The molecule has 0 atom stereocenters. The van der Waals surface area contributed by atoms with Gasteiger partial charge in [0, 0.05) is 23.9 Å². The Morgan fingerprint density at radius 1 is 1.38 bits per heavy atom. The molecule has 1 aliphatic heterocycles. The SMILES string of the molecule is CC(C)N1CC(Cl)=C(OCc2ccc(F)cc2F)N=C1S(C)(=O)=O. The lowest BCUT2D eigenvalue weighted by atomic mass is 10.2. The first-order valence-corrected chi connectivity index (χ1v) is 9.37. The molecule has 5 nitrogen and oxygen atoms in total. The van der Waals surface area contributed by atoms with Gasteiger partial charge in [-0.25, -0.2) is 17.2 Å². The first kappa shape index (κ1) is 18.7. The molecule has 0 bridgehead atoms. The molecule has 0 spiro atoms. The van der Waals surface area contributed by atoms with E-state index >= 15 is 0 Å². The summed E-state index contributed by atoms with van der Waals surface area (Å²) in [7, 11) is -3.59. The molecular weight excluding hydrogens is 362 g/mol. The minimum Gasteiger partial charge on any atom is -0.472 e. The van der Waals surface area contributed by atoms with Crippen LogP contribution in [0.25, 0.3) is 0 Å². The normalized spacial score (nSPS) is 15.8. The number of amidine groups is 1. The van der Waals surface area contributed by atoms with Crippen LogP contribution in [0.3, 0.4) is 0 Å².